The smallest absolute Gasteiger partial charge is 0.251 e. The van der Waals surface area contributed by atoms with Crippen LogP contribution in [0.3, 0.4) is 0 Å². The van der Waals surface area contributed by atoms with Gasteiger partial charge in [0, 0.05) is 47.1 Å². The highest BCUT2D eigenvalue weighted by atomic mass is 16.2. The molecule has 2 N–H and O–H groups in total. The average Bonchev–Trinajstić information content (AvgIpc) is 2.61. The molecular formula is C14H18N8O2. The van der Waals surface area contributed by atoms with E-state index in [1.807, 2.05) is 0 Å². The molecule has 126 valence electrons. The van der Waals surface area contributed by atoms with E-state index in [0.29, 0.717) is 50.1 Å². The van der Waals surface area contributed by atoms with E-state index < -0.39 is 0 Å². The van der Waals surface area contributed by atoms with Crippen LogP contribution in [0.25, 0.3) is 20.9 Å². The lowest BCUT2D eigenvalue weighted by Gasteiger charge is -2.07. The largest absolute Gasteiger partial charge is 0.352 e. The Labute approximate surface area is 138 Å². The monoisotopic (exact) mass is 330 g/mol. The van der Waals surface area contributed by atoms with E-state index in [2.05, 4.69) is 30.7 Å². The van der Waals surface area contributed by atoms with Crippen LogP contribution in [0.2, 0.25) is 0 Å². The number of amides is 2. The SMILES string of the molecule is [N-]=[N+]=NCCCNC(=O)c1cccc(C(=O)NCCCN=[N+]=[N-])c1. The van der Waals surface area contributed by atoms with Crippen LogP contribution in [0.5, 0.6) is 0 Å². The van der Waals surface area contributed by atoms with E-state index in [9.17, 15) is 9.59 Å². The molecule has 2 amide bonds. The first kappa shape index (κ1) is 18.8. The summed E-state index contributed by atoms with van der Waals surface area (Å²) in [5.74, 6) is -0.595. The number of hydrogen-bond acceptors (Lipinski definition) is 4. The second-order valence-electron chi connectivity index (χ2n) is 4.71. The molecule has 0 radical (unpaired) electrons. The summed E-state index contributed by atoms with van der Waals surface area (Å²) in [6.45, 7) is 1.39. The Morgan fingerprint density at radius 2 is 1.38 bits per heavy atom. The molecule has 0 aliphatic rings. The fraction of sp³-hybridized carbons (Fsp3) is 0.429. The fourth-order valence-electron chi connectivity index (χ4n) is 1.80. The molecule has 1 rings (SSSR count). The number of rotatable bonds is 10. The van der Waals surface area contributed by atoms with Gasteiger partial charge in [-0.05, 0) is 42.1 Å². The Hall–Kier alpha value is -3.22. The van der Waals surface area contributed by atoms with Crippen molar-refractivity contribution >= 4 is 11.8 Å². The Morgan fingerprint density at radius 1 is 0.917 bits per heavy atom. The number of benzene rings is 1. The maximum atomic E-state index is 12.0. The quantitative estimate of drug-likeness (QED) is 0.292. The van der Waals surface area contributed by atoms with E-state index in [0.717, 1.165) is 0 Å². The van der Waals surface area contributed by atoms with Crippen LogP contribution >= 0.6 is 0 Å². The zero-order valence-electron chi connectivity index (χ0n) is 13.1. The van der Waals surface area contributed by atoms with Crippen LogP contribution in [0, 0.1) is 0 Å². The standard InChI is InChI=1S/C14H18N8O2/c15-21-19-8-2-6-17-13(23)11-4-1-5-12(10-11)14(24)18-7-3-9-20-22-16/h1,4-5,10H,2-3,6-9H2,(H,17,23)(H,18,24). The van der Waals surface area contributed by atoms with Gasteiger partial charge in [-0.15, -0.1) is 0 Å². The number of azide groups is 2. The predicted molar refractivity (Wildman–Crippen MR) is 88.4 cm³/mol. The third kappa shape index (κ3) is 7.17. The predicted octanol–water partition coefficient (Wildman–Crippen LogP) is 2.55. The molecule has 10 heteroatoms. The van der Waals surface area contributed by atoms with Gasteiger partial charge >= 0.3 is 0 Å². The summed E-state index contributed by atoms with van der Waals surface area (Å²) in [5, 5.41) is 12.1. The number of carbonyl (C=O) groups excluding carboxylic acids is 2. The van der Waals surface area contributed by atoms with Crippen LogP contribution in [0.4, 0.5) is 0 Å². The first-order valence-electron chi connectivity index (χ1n) is 7.37. The van der Waals surface area contributed by atoms with Gasteiger partial charge < -0.3 is 10.6 Å². The Kier molecular flexibility index (Phi) is 8.91. The van der Waals surface area contributed by atoms with Gasteiger partial charge in [-0.25, -0.2) is 0 Å². The van der Waals surface area contributed by atoms with E-state index in [1.54, 1.807) is 18.2 Å². The molecular weight excluding hydrogens is 312 g/mol. The summed E-state index contributed by atoms with van der Waals surface area (Å²) < 4.78 is 0. The Bertz CT molecular complexity index is 609. The molecule has 0 unspecified atom stereocenters. The zero-order valence-corrected chi connectivity index (χ0v) is 13.1. The lowest BCUT2D eigenvalue weighted by Crippen LogP contribution is -2.27. The van der Waals surface area contributed by atoms with Crippen LogP contribution in [-0.4, -0.2) is 38.0 Å². The minimum absolute atomic E-state index is 0.297. The normalized spacial score (nSPS) is 9.33. The zero-order chi connectivity index (χ0) is 17.6. The number of hydrogen-bond donors (Lipinski definition) is 2. The summed E-state index contributed by atoms with van der Waals surface area (Å²) in [6.07, 6.45) is 1.09. The molecule has 0 spiro atoms. The van der Waals surface area contributed by atoms with E-state index >= 15 is 0 Å². The van der Waals surface area contributed by atoms with Gasteiger partial charge in [-0.3, -0.25) is 9.59 Å². The van der Waals surface area contributed by atoms with Crippen molar-refractivity contribution in [2.45, 2.75) is 12.8 Å². The molecule has 0 saturated heterocycles. The highest BCUT2D eigenvalue weighted by Gasteiger charge is 2.09. The first-order chi connectivity index (χ1) is 11.7. The molecule has 0 bridgehead atoms. The molecule has 0 aliphatic heterocycles. The van der Waals surface area contributed by atoms with Gasteiger partial charge in [0.2, 0.25) is 0 Å². The van der Waals surface area contributed by atoms with Gasteiger partial charge in [0.05, 0.1) is 0 Å². The second-order valence-corrected chi connectivity index (χ2v) is 4.71. The summed E-state index contributed by atoms with van der Waals surface area (Å²) in [7, 11) is 0. The highest BCUT2D eigenvalue weighted by molar-refractivity contribution is 5.99. The molecule has 0 fully saturated rings. The third-order valence-corrected chi connectivity index (χ3v) is 2.95. The Morgan fingerprint density at radius 3 is 1.79 bits per heavy atom. The molecule has 0 aliphatic carbocycles. The van der Waals surface area contributed by atoms with Crippen LogP contribution in [0.15, 0.2) is 34.5 Å². The van der Waals surface area contributed by atoms with Crippen LogP contribution < -0.4 is 10.6 Å². The van der Waals surface area contributed by atoms with Crippen molar-refractivity contribution in [3.8, 4) is 0 Å². The summed E-state index contributed by atoms with van der Waals surface area (Å²) in [6, 6.07) is 6.36. The molecule has 10 nitrogen and oxygen atoms in total. The van der Waals surface area contributed by atoms with E-state index in [4.69, 9.17) is 11.1 Å². The second kappa shape index (κ2) is 11.4. The van der Waals surface area contributed by atoms with E-state index in [1.165, 1.54) is 6.07 Å². The minimum Gasteiger partial charge on any atom is -0.352 e. The van der Waals surface area contributed by atoms with Crippen LogP contribution in [0.1, 0.15) is 33.6 Å². The van der Waals surface area contributed by atoms with Crippen molar-refractivity contribution in [3.05, 3.63) is 56.3 Å². The van der Waals surface area contributed by atoms with Crippen molar-refractivity contribution in [3.63, 3.8) is 0 Å². The Balaban J connectivity index is 2.49. The topological polar surface area (TPSA) is 156 Å². The summed E-state index contributed by atoms with van der Waals surface area (Å²) >= 11 is 0. The van der Waals surface area contributed by atoms with Crippen molar-refractivity contribution in [1.29, 1.82) is 0 Å². The van der Waals surface area contributed by atoms with Crippen molar-refractivity contribution < 1.29 is 9.59 Å². The summed E-state index contributed by atoms with van der Waals surface area (Å²) in [5.41, 5.74) is 17.1. The molecule has 1 aromatic carbocycles. The van der Waals surface area contributed by atoms with Crippen molar-refractivity contribution in [2.75, 3.05) is 26.2 Å². The minimum atomic E-state index is -0.297. The van der Waals surface area contributed by atoms with Gasteiger partial charge in [0.25, 0.3) is 11.8 Å². The maximum absolute atomic E-state index is 12.0. The van der Waals surface area contributed by atoms with Gasteiger partial charge in [-0.1, -0.05) is 16.3 Å². The van der Waals surface area contributed by atoms with Crippen molar-refractivity contribution in [2.24, 2.45) is 10.2 Å². The van der Waals surface area contributed by atoms with Gasteiger partial charge in [0.1, 0.15) is 0 Å². The van der Waals surface area contributed by atoms with Gasteiger partial charge in [-0.2, -0.15) is 0 Å². The van der Waals surface area contributed by atoms with E-state index in [-0.39, 0.29) is 11.8 Å². The third-order valence-electron chi connectivity index (χ3n) is 2.95. The lowest BCUT2D eigenvalue weighted by atomic mass is 10.1. The summed E-state index contributed by atoms with van der Waals surface area (Å²) in [4.78, 5) is 29.2. The maximum Gasteiger partial charge on any atom is 0.251 e. The number of carbonyl (C=O) groups is 2. The van der Waals surface area contributed by atoms with Crippen molar-refractivity contribution in [1.82, 2.24) is 10.6 Å². The molecule has 24 heavy (non-hydrogen) atoms. The molecule has 1 aromatic rings. The molecule has 0 saturated carbocycles. The fourth-order valence-corrected chi connectivity index (χ4v) is 1.80. The number of nitrogens with zero attached hydrogens (tertiary/aromatic N) is 6. The van der Waals surface area contributed by atoms with Gasteiger partial charge in [0.15, 0.2) is 0 Å². The molecule has 0 heterocycles. The average molecular weight is 330 g/mol. The lowest BCUT2D eigenvalue weighted by molar-refractivity contribution is 0.0952. The molecule has 0 aromatic heterocycles. The van der Waals surface area contributed by atoms with Crippen LogP contribution in [-0.2, 0) is 0 Å². The number of nitrogens with one attached hydrogen (secondary N) is 2. The molecule has 0 atom stereocenters. The first-order valence-corrected chi connectivity index (χ1v) is 7.37. The highest BCUT2D eigenvalue weighted by Crippen LogP contribution is 2.05.